The lowest BCUT2D eigenvalue weighted by atomic mass is 9.44. The number of ether oxygens (including phenoxy) is 1. The summed E-state index contributed by atoms with van der Waals surface area (Å²) in [6, 6.07) is 5.06. The molecule has 232 valence electrons. The molecule has 0 unspecified atom stereocenters. The minimum absolute atomic E-state index is 0.127. The van der Waals surface area contributed by atoms with Crippen molar-refractivity contribution >= 4 is 17.7 Å². The van der Waals surface area contributed by atoms with Crippen LogP contribution in [-0.4, -0.2) is 41.0 Å². The summed E-state index contributed by atoms with van der Waals surface area (Å²) >= 11 is 0. The standard InChI is InChI=1S/C35H52N2O5/c1-20(2)31(37-32(40)30(36)18-22-6-9-24(39)10-7-22)33(41)42-25-14-16-34(4)23(19-25)8-11-26-28-13-12-27(21(3)38)35(28,5)17-15-29(26)34/h6-7,9-10,20,23,25-31,39H,8,11-19,36H2,1-5H3,(H,37,40)/t23-,25+,26-,27+,28-,29-,30-,31-,34-,35+/m0/s1. The third kappa shape index (κ3) is 5.75. The predicted octanol–water partition coefficient (Wildman–Crippen LogP) is 5.56. The molecule has 42 heavy (non-hydrogen) atoms. The second-order valence-corrected chi connectivity index (χ2v) is 15.0. The van der Waals surface area contributed by atoms with Crippen LogP contribution in [-0.2, 0) is 25.5 Å². The summed E-state index contributed by atoms with van der Waals surface area (Å²) in [6.07, 6.45) is 10.0. The van der Waals surface area contributed by atoms with Gasteiger partial charge in [0.15, 0.2) is 0 Å². The molecule has 4 aliphatic carbocycles. The third-order valence-electron chi connectivity index (χ3n) is 12.3. The van der Waals surface area contributed by atoms with Crippen molar-refractivity contribution < 1.29 is 24.2 Å². The summed E-state index contributed by atoms with van der Waals surface area (Å²) in [5.41, 5.74) is 7.45. The van der Waals surface area contributed by atoms with Crippen molar-refractivity contribution in [3.8, 4) is 5.75 Å². The Morgan fingerprint density at radius 1 is 0.976 bits per heavy atom. The highest BCUT2D eigenvalue weighted by Crippen LogP contribution is 2.67. The number of benzene rings is 1. The first-order valence-corrected chi connectivity index (χ1v) is 16.4. The third-order valence-corrected chi connectivity index (χ3v) is 12.3. The summed E-state index contributed by atoms with van der Waals surface area (Å²) in [7, 11) is 0. The Kier molecular flexibility index (Phi) is 8.82. The van der Waals surface area contributed by atoms with E-state index in [0.717, 1.165) is 37.7 Å². The quantitative estimate of drug-likeness (QED) is 0.346. The summed E-state index contributed by atoms with van der Waals surface area (Å²) in [5.74, 6) is 2.50. The van der Waals surface area contributed by atoms with Crippen LogP contribution in [0.15, 0.2) is 24.3 Å². The van der Waals surface area contributed by atoms with Crippen molar-refractivity contribution in [2.75, 3.05) is 0 Å². The highest BCUT2D eigenvalue weighted by Gasteiger charge is 2.61. The van der Waals surface area contributed by atoms with Crippen molar-refractivity contribution in [1.82, 2.24) is 5.32 Å². The van der Waals surface area contributed by atoms with Crippen molar-refractivity contribution in [2.24, 2.45) is 52.1 Å². The number of aromatic hydroxyl groups is 1. The van der Waals surface area contributed by atoms with E-state index in [0.29, 0.717) is 35.9 Å². The van der Waals surface area contributed by atoms with Crippen LogP contribution in [0.25, 0.3) is 0 Å². The van der Waals surface area contributed by atoms with E-state index in [9.17, 15) is 19.5 Å². The minimum Gasteiger partial charge on any atom is -0.508 e. The van der Waals surface area contributed by atoms with Gasteiger partial charge in [0.25, 0.3) is 0 Å². The first-order chi connectivity index (χ1) is 19.8. The maximum atomic E-state index is 13.4. The normalized spacial score (nSPS) is 37.1. The molecule has 1 amide bonds. The smallest absolute Gasteiger partial charge is 0.329 e. The second-order valence-electron chi connectivity index (χ2n) is 15.0. The number of ketones is 1. The van der Waals surface area contributed by atoms with Gasteiger partial charge < -0.3 is 20.9 Å². The molecule has 10 atom stereocenters. The zero-order valence-electron chi connectivity index (χ0n) is 26.2. The number of hydrogen-bond acceptors (Lipinski definition) is 6. The molecular weight excluding hydrogens is 528 g/mol. The SMILES string of the molecule is CC(=O)[C@H]1CC[C@H]2[C@@H]3CC[C@H]4C[C@H](OC(=O)[C@@H](NC(=O)[C@@H](N)Cc5ccc(O)cc5)C(C)C)CC[C@]4(C)[C@H]3CC[C@]12C. The van der Waals surface area contributed by atoms with Crippen molar-refractivity contribution in [3.63, 3.8) is 0 Å². The fourth-order valence-electron chi connectivity index (χ4n) is 9.97. The summed E-state index contributed by atoms with van der Waals surface area (Å²) in [4.78, 5) is 38.8. The molecule has 0 radical (unpaired) electrons. The van der Waals surface area contributed by atoms with E-state index in [-0.39, 0.29) is 46.4 Å². The van der Waals surface area contributed by atoms with Crippen LogP contribution < -0.4 is 11.1 Å². The molecule has 4 N–H and O–H groups in total. The molecule has 0 aliphatic heterocycles. The molecule has 0 heterocycles. The Morgan fingerprint density at radius 3 is 2.31 bits per heavy atom. The molecule has 4 saturated carbocycles. The summed E-state index contributed by atoms with van der Waals surface area (Å²) < 4.78 is 6.12. The van der Waals surface area contributed by atoms with Gasteiger partial charge in [0.2, 0.25) is 5.91 Å². The maximum Gasteiger partial charge on any atom is 0.329 e. The van der Waals surface area contributed by atoms with Crippen molar-refractivity contribution in [1.29, 1.82) is 0 Å². The van der Waals surface area contributed by atoms with E-state index >= 15 is 0 Å². The van der Waals surface area contributed by atoms with Gasteiger partial charge in [0.1, 0.15) is 23.7 Å². The van der Waals surface area contributed by atoms with Crippen molar-refractivity contribution in [2.45, 2.75) is 117 Å². The Hall–Kier alpha value is -2.41. The lowest BCUT2D eigenvalue weighted by Gasteiger charge is -2.61. The lowest BCUT2D eigenvalue weighted by Crippen LogP contribution is -2.55. The maximum absolute atomic E-state index is 13.4. The van der Waals surface area contributed by atoms with Gasteiger partial charge in [-0.3, -0.25) is 9.59 Å². The number of rotatable bonds is 8. The Bertz CT molecular complexity index is 1170. The number of nitrogens with two attached hydrogens (primary N) is 1. The van der Waals surface area contributed by atoms with Gasteiger partial charge in [-0.15, -0.1) is 0 Å². The molecule has 5 rings (SSSR count). The summed E-state index contributed by atoms with van der Waals surface area (Å²) in [5, 5.41) is 12.4. The number of nitrogens with one attached hydrogen (secondary N) is 1. The molecule has 0 bridgehead atoms. The van der Waals surface area contributed by atoms with E-state index in [1.54, 1.807) is 31.2 Å². The second kappa shape index (κ2) is 11.9. The van der Waals surface area contributed by atoms with Gasteiger partial charge in [-0.2, -0.15) is 0 Å². The van der Waals surface area contributed by atoms with Crippen LogP contribution >= 0.6 is 0 Å². The average molecular weight is 581 g/mol. The molecule has 4 fully saturated rings. The van der Waals surface area contributed by atoms with E-state index in [4.69, 9.17) is 10.5 Å². The molecule has 4 aliphatic rings. The molecule has 1 aromatic rings. The van der Waals surface area contributed by atoms with Crippen LogP contribution in [0.5, 0.6) is 5.75 Å². The summed E-state index contributed by atoms with van der Waals surface area (Å²) in [6.45, 7) is 10.5. The molecule has 7 heteroatoms. The predicted molar refractivity (Wildman–Crippen MR) is 162 cm³/mol. The van der Waals surface area contributed by atoms with Gasteiger partial charge in [0, 0.05) is 5.92 Å². The van der Waals surface area contributed by atoms with Gasteiger partial charge in [-0.25, -0.2) is 4.79 Å². The number of amides is 1. The highest BCUT2D eigenvalue weighted by molar-refractivity contribution is 5.87. The molecule has 1 aromatic carbocycles. The topological polar surface area (TPSA) is 119 Å². The van der Waals surface area contributed by atoms with Crippen LogP contribution in [0.4, 0.5) is 0 Å². The molecule has 7 nitrogen and oxygen atoms in total. The van der Waals surface area contributed by atoms with Gasteiger partial charge >= 0.3 is 5.97 Å². The van der Waals surface area contributed by atoms with Crippen LogP contribution in [0, 0.1) is 46.3 Å². The Morgan fingerprint density at radius 2 is 1.64 bits per heavy atom. The average Bonchev–Trinajstić information content (AvgIpc) is 3.30. The number of fused-ring (bicyclic) bond motifs is 5. The molecule has 0 saturated heterocycles. The van der Waals surface area contributed by atoms with Crippen LogP contribution in [0.1, 0.15) is 98.0 Å². The monoisotopic (exact) mass is 580 g/mol. The van der Waals surface area contributed by atoms with Gasteiger partial charge in [-0.05, 0) is 129 Å². The molecular formula is C35H52N2O5. The number of phenolic OH excluding ortho intramolecular Hbond substituents is 1. The largest absolute Gasteiger partial charge is 0.508 e. The van der Waals surface area contributed by atoms with Gasteiger partial charge in [-0.1, -0.05) is 39.8 Å². The number of Topliss-reactive ketones (excluding diaryl/α,β-unsaturated/α-hetero) is 1. The Labute approximate surface area is 251 Å². The fraction of sp³-hybridized carbons (Fsp3) is 0.743. The number of hydrogen-bond donors (Lipinski definition) is 3. The zero-order valence-corrected chi connectivity index (χ0v) is 26.2. The number of phenols is 1. The van der Waals surface area contributed by atoms with E-state index < -0.39 is 12.1 Å². The van der Waals surface area contributed by atoms with Crippen LogP contribution in [0.2, 0.25) is 0 Å². The Balaban J connectivity index is 1.18. The number of carbonyl (C=O) groups excluding carboxylic acids is 3. The molecule has 0 aromatic heterocycles. The van der Waals surface area contributed by atoms with E-state index in [2.05, 4.69) is 19.2 Å². The number of carbonyl (C=O) groups is 3. The fourth-order valence-corrected chi connectivity index (χ4v) is 9.97. The van der Waals surface area contributed by atoms with E-state index in [1.165, 1.54) is 25.7 Å². The van der Waals surface area contributed by atoms with Crippen molar-refractivity contribution in [3.05, 3.63) is 29.8 Å². The highest BCUT2D eigenvalue weighted by atomic mass is 16.5. The first-order valence-electron chi connectivity index (χ1n) is 16.4. The molecule has 0 spiro atoms. The van der Waals surface area contributed by atoms with Crippen LogP contribution in [0.3, 0.4) is 0 Å². The zero-order chi connectivity index (χ0) is 30.4. The van der Waals surface area contributed by atoms with Gasteiger partial charge in [0.05, 0.1) is 6.04 Å². The minimum atomic E-state index is -0.808. The lowest BCUT2D eigenvalue weighted by molar-refractivity contribution is -0.166. The van der Waals surface area contributed by atoms with E-state index in [1.807, 2.05) is 13.8 Å². The number of esters is 1. The first kappa shape index (κ1) is 31.0.